The van der Waals surface area contributed by atoms with Crippen molar-refractivity contribution in [3.05, 3.63) is 322 Å². The lowest BCUT2D eigenvalue weighted by molar-refractivity contribution is 0.669. The molecular formula is C78H53N5O. The van der Waals surface area contributed by atoms with Crippen LogP contribution in [0.3, 0.4) is 0 Å². The van der Waals surface area contributed by atoms with Crippen molar-refractivity contribution in [3.8, 4) is 22.5 Å². The number of nitrogens with zero attached hydrogens (tertiary/aromatic N) is 5. The number of benzene rings is 13. The van der Waals surface area contributed by atoms with Crippen LogP contribution >= 0.6 is 0 Å². The van der Waals surface area contributed by atoms with E-state index in [0.717, 1.165) is 95.6 Å². The molecule has 0 saturated carbocycles. The van der Waals surface area contributed by atoms with E-state index in [4.69, 9.17) is 4.42 Å². The predicted octanol–water partition coefficient (Wildman–Crippen LogP) is 21.9. The molecule has 0 aliphatic heterocycles. The van der Waals surface area contributed by atoms with Gasteiger partial charge in [-0.15, -0.1) is 0 Å². The summed E-state index contributed by atoms with van der Waals surface area (Å²) in [4.78, 5) is 7.01. The van der Waals surface area contributed by atoms with Crippen molar-refractivity contribution in [2.75, 3.05) is 14.7 Å². The first-order valence-corrected chi connectivity index (χ1v) is 28.6. The molecule has 6 heteroatoms. The van der Waals surface area contributed by atoms with Gasteiger partial charge in [0, 0.05) is 94.9 Å². The van der Waals surface area contributed by atoms with E-state index in [1.54, 1.807) is 0 Å². The second kappa shape index (κ2) is 20.3. The monoisotopic (exact) mass is 1080 g/mol. The number of hydrogen-bond acceptors (Lipinski definition) is 4. The summed E-state index contributed by atoms with van der Waals surface area (Å²) in [6.45, 7) is 0. The molecule has 3 heterocycles. The van der Waals surface area contributed by atoms with Gasteiger partial charge in [0.05, 0.1) is 22.1 Å². The summed E-state index contributed by atoms with van der Waals surface area (Å²) in [5, 5.41) is 7.24. The van der Waals surface area contributed by atoms with Gasteiger partial charge in [0.1, 0.15) is 11.2 Å². The molecule has 0 amide bonds. The maximum Gasteiger partial charge on any atom is 0.136 e. The SMILES string of the molecule is c1ccc(N(c2ccc(N(c3ccc(-c4ccc5c(c4)oc4ccccc45)cc3)c3ccc(N(c4ccccc4)c4ccc(-n5c6ccccc6c6ccccc65)cc4)cc3)cc2)c2ccc(-n3c4ccccc4c4ccccc43)cc2)cc1. The van der Waals surface area contributed by atoms with Crippen LogP contribution in [0.25, 0.3) is 88.1 Å². The Bertz CT molecular complexity index is 4700. The summed E-state index contributed by atoms with van der Waals surface area (Å²) < 4.78 is 11.1. The van der Waals surface area contributed by atoms with E-state index in [9.17, 15) is 0 Å². The van der Waals surface area contributed by atoms with Crippen LogP contribution in [0, 0.1) is 0 Å². The van der Waals surface area contributed by atoms with Crippen molar-refractivity contribution >= 4 is 117 Å². The van der Waals surface area contributed by atoms with Crippen molar-refractivity contribution in [1.82, 2.24) is 9.13 Å². The highest BCUT2D eigenvalue weighted by molar-refractivity contribution is 6.11. The fourth-order valence-electron chi connectivity index (χ4n) is 12.6. The first kappa shape index (κ1) is 48.6. The number of hydrogen-bond donors (Lipinski definition) is 0. The summed E-state index contributed by atoms with van der Waals surface area (Å²) in [5.74, 6) is 0. The smallest absolute Gasteiger partial charge is 0.136 e. The van der Waals surface area contributed by atoms with Gasteiger partial charge in [-0.2, -0.15) is 0 Å². The van der Waals surface area contributed by atoms with E-state index < -0.39 is 0 Å². The van der Waals surface area contributed by atoms with Crippen LogP contribution in [0.5, 0.6) is 0 Å². The Labute approximate surface area is 486 Å². The van der Waals surface area contributed by atoms with Crippen molar-refractivity contribution in [1.29, 1.82) is 0 Å². The number of para-hydroxylation sites is 7. The van der Waals surface area contributed by atoms with E-state index in [0.29, 0.717) is 0 Å². The highest BCUT2D eigenvalue weighted by Gasteiger charge is 2.21. The molecule has 6 nitrogen and oxygen atoms in total. The van der Waals surface area contributed by atoms with Crippen LogP contribution in [-0.4, -0.2) is 9.13 Å². The molecule has 16 rings (SSSR count). The molecule has 0 bridgehead atoms. The number of furan rings is 1. The van der Waals surface area contributed by atoms with Crippen LogP contribution in [0.4, 0.5) is 51.2 Å². The van der Waals surface area contributed by atoms with Crippen molar-refractivity contribution in [2.45, 2.75) is 0 Å². The van der Waals surface area contributed by atoms with Gasteiger partial charge in [0.15, 0.2) is 0 Å². The van der Waals surface area contributed by atoms with Gasteiger partial charge >= 0.3 is 0 Å². The quantitative estimate of drug-likeness (QED) is 0.122. The minimum Gasteiger partial charge on any atom is -0.456 e. The maximum absolute atomic E-state index is 6.34. The fraction of sp³-hybridized carbons (Fsp3) is 0. The standard InChI is InChI=1S/C78H53N5O/c1-3-17-56(18-4-1)79(61-44-48-65(49-45-61)82-73-26-12-7-21-67(73)68-22-8-13-27-74(68)82)59-36-40-63(41-37-59)81(58-34-31-54(32-35-58)55-33-52-72-71-25-11-16-30-77(71)84-78(72)53-55)64-42-38-60(39-43-64)80(57-19-5-2-6-20-57)62-46-50-66(51-47-62)83-75-28-14-9-23-69(75)70-24-10-15-29-76(70)83/h1-53H. The number of rotatable bonds is 12. The van der Waals surface area contributed by atoms with Crippen molar-refractivity contribution in [2.24, 2.45) is 0 Å². The summed E-state index contributed by atoms with van der Waals surface area (Å²) in [6.07, 6.45) is 0. The lowest BCUT2D eigenvalue weighted by Crippen LogP contribution is -2.13. The predicted molar refractivity (Wildman–Crippen MR) is 352 cm³/mol. The fourth-order valence-corrected chi connectivity index (χ4v) is 12.6. The molecule has 13 aromatic carbocycles. The Morgan fingerprint density at radius 1 is 0.202 bits per heavy atom. The summed E-state index contributed by atoms with van der Waals surface area (Å²) in [5.41, 5.74) is 20.4. The lowest BCUT2D eigenvalue weighted by Gasteiger charge is -2.29. The maximum atomic E-state index is 6.34. The second-order valence-corrected chi connectivity index (χ2v) is 21.3. The van der Waals surface area contributed by atoms with Gasteiger partial charge in [-0.1, -0.05) is 146 Å². The average molecular weight is 1080 g/mol. The van der Waals surface area contributed by atoms with Gasteiger partial charge in [-0.05, 0) is 187 Å². The van der Waals surface area contributed by atoms with E-state index in [1.807, 2.05) is 12.1 Å². The third kappa shape index (κ3) is 8.35. The molecule has 0 radical (unpaired) electrons. The zero-order valence-electron chi connectivity index (χ0n) is 45.7. The minimum atomic E-state index is 0.881. The Kier molecular flexibility index (Phi) is 11.8. The molecule has 0 saturated heterocycles. The molecule has 3 aromatic heterocycles. The molecule has 396 valence electrons. The van der Waals surface area contributed by atoms with Gasteiger partial charge in [0.25, 0.3) is 0 Å². The summed E-state index contributed by atoms with van der Waals surface area (Å²) in [7, 11) is 0. The Morgan fingerprint density at radius 3 is 0.857 bits per heavy atom. The Morgan fingerprint density at radius 2 is 0.476 bits per heavy atom. The lowest BCUT2D eigenvalue weighted by atomic mass is 10.0. The molecule has 0 atom stereocenters. The second-order valence-electron chi connectivity index (χ2n) is 21.3. The summed E-state index contributed by atoms with van der Waals surface area (Å²) in [6, 6.07) is 115. The van der Waals surface area contributed by atoms with Crippen LogP contribution < -0.4 is 14.7 Å². The van der Waals surface area contributed by atoms with Crippen LogP contribution in [0.15, 0.2) is 326 Å². The normalized spacial score (nSPS) is 11.6. The van der Waals surface area contributed by atoms with E-state index in [1.165, 1.54) is 43.6 Å². The third-order valence-corrected chi connectivity index (χ3v) is 16.5. The van der Waals surface area contributed by atoms with Gasteiger partial charge in [-0.25, -0.2) is 0 Å². The minimum absolute atomic E-state index is 0.881. The van der Waals surface area contributed by atoms with Crippen LogP contribution in [-0.2, 0) is 0 Å². The topological polar surface area (TPSA) is 32.7 Å². The molecule has 0 N–H and O–H groups in total. The summed E-state index contributed by atoms with van der Waals surface area (Å²) >= 11 is 0. The first-order valence-electron chi connectivity index (χ1n) is 28.6. The Hall–Kier alpha value is -11.3. The zero-order chi connectivity index (χ0) is 55.5. The molecular weight excluding hydrogens is 1020 g/mol. The molecule has 0 aliphatic carbocycles. The third-order valence-electron chi connectivity index (χ3n) is 16.5. The van der Waals surface area contributed by atoms with E-state index in [-0.39, 0.29) is 0 Å². The number of aromatic nitrogens is 2. The van der Waals surface area contributed by atoms with Gasteiger partial charge in [-0.3, -0.25) is 0 Å². The highest BCUT2D eigenvalue weighted by atomic mass is 16.3. The Balaban J connectivity index is 0.770. The molecule has 16 aromatic rings. The molecule has 0 unspecified atom stereocenters. The average Bonchev–Trinajstić information content (AvgIpc) is 3.74. The number of anilines is 9. The largest absolute Gasteiger partial charge is 0.456 e. The highest BCUT2D eigenvalue weighted by Crippen LogP contribution is 2.44. The van der Waals surface area contributed by atoms with Gasteiger partial charge in [0.2, 0.25) is 0 Å². The molecule has 0 aliphatic rings. The molecule has 0 fully saturated rings. The first-order chi connectivity index (χ1) is 41.7. The zero-order valence-corrected chi connectivity index (χ0v) is 45.7. The van der Waals surface area contributed by atoms with Crippen LogP contribution in [0.1, 0.15) is 0 Å². The van der Waals surface area contributed by atoms with E-state index >= 15 is 0 Å². The van der Waals surface area contributed by atoms with Gasteiger partial charge < -0.3 is 28.3 Å². The van der Waals surface area contributed by atoms with Crippen molar-refractivity contribution < 1.29 is 4.42 Å². The van der Waals surface area contributed by atoms with Crippen molar-refractivity contribution in [3.63, 3.8) is 0 Å². The molecule has 84 heavy (non-hydrogen) atoms. The van der Waals surface area contributed by atoms with E-state index in [2.05, 4.69) is 333 Å². The molecule has 0 spiro atoms. The van der Waals surface area contributed by atoms with Crippen LogP contribution in [0.2, 0.25) is 0 Å². The number of fused-ring (bicyclic) bond motifs is 9.